The molecule has 0 radical (unpaired) electrons. The average molecular weight is 234 g/mol. The van der Waals surface area contributed by atoms with Crippen molar-refractivity contribution < 1.29 is 4.39 Å². The third kappa shape index (κ3) is 1.52. The second kappa shape index (κ2) is 3.37. The highest BCUT2D eigenvalue weighted by Gasteiger charge is 2.36. The summed E-state index contributed by atoms with van der Waals surface area (Å²) in [4.78, 5) is 0. The number of hydrogen-bond acceptors (Lipinski definition) is 1. The van der Waals surface area contributed by atoms with E-state index in [1.807, 2.05) is 0 Å². The third-order valence-electron chi connectivity index (χ3n) is 2.78. The molecule has 0 saturated heterocycles. The molecule has 0 atom stereocenters. The fourth-order valence-corrected chi connectivity index (χ4v) is 2.25. The topological polar surface area (TPSA) is 26.0 Å². The lowest BCUT2D eigenvalue weighted by molar-refractivity contribution is 0.253. The van der Waals surface area contributed by atoms with E-state index in [1.165, 1.54) is 6.07 Å². The molecule has 0 spiro atoms. The molecule has 14 heavy (non-hydrogen) atoms. The molecule has 0 aliphatic heterocycles. The van der Waals surface area contributed by atoms with Crippen LogP contribution in [0.5, 0.6) is 0 Å². The summed E-state index contributed by atoms with van der Waals surface area (Å²) in [6.07, 6.45) is 2.74. The van der Waals surface area contributed by atoms with Gasteiger partial charge in [-0.3, -0.25) is 0 Å². The van der Waals surface area contributed by atoms with Gasteiger partial charge in [-0.15, -0.1) is 0 Å². The van der Waals surface area contributed by atoms with Gasteiger partial charge in [-0.05, 0) is 37.0 Å². The molecule has 1 nitrogen and oxygen atoms in total. The van der Waals surface area contributed by atoms with Gasteiger partial charge < -0.3 is 5.73 Å². The Morgan fingerprint density at radius 2 is 1.93 bits per heavy atom. The lowest BCUT2D eigenvalue weighted by Gasteiger charge is -2.39. The molecular formula is C10H10Cl2FN. The van der Waals surface area contributed by atoms with Crippen molar-refractivity contribution >= 4 is 23.2 Å². The molecule has 0 amide bonds. The second-order valence-corrected chi connectivity index (χ2v) is 4.57. The summed E-state index contributed by atoms with van der Waals surface area (Å²) >= 11 is 11.6. The first-order valence-corrected chi connectivity index (χ1v) is 5.22. The number of benzene rings is 1. The molecule has 1 fully saturated rings. The van der Waals surface area contributed by atoms with E-state index in [0.717, 1.165) is 19.3 Å². The summed E-state index contributed by atoms with van der Waals surface area (Å²) < 4.78 is 13.3. The maximum atomic E-state index is 13.3. The molecule has 1 saturated carbocycles. The Morgan fingerprint density at radius 3 is 2.43 bits per heavy atom. The number of nitrogens with two attached hydrogens (primary N) is 1. The zero-order valence-electron chi connectivity index (χ0n) is 7.49. The minimum Gasteiger partial charge on any atom is -0.321 e. The summed E-state index contributed by atoms with van der Waals surface area (Å²) in [6, 6.07) is 2.86. The fourth-order valence-electron chi connectivity index (χ4n) is 1.75. The molecule has 0 aromatic heterocycles. The largest absolute Gasteiger partial charge is 0.321 e. The Kier molecular flexibility index (Phi) is 2.46. The van der Waals surface area contributed by atoms with Crippen LogP contribution in [0.2, 0.25) is 10.0 Å². The van der Waals surface area contributed by atoms with E-state index in [2.05, 4.69) is 0 Å². The van der Waals surface area contributed by atoms with Gasteiger partial charge in [-0.1, -0.05) is 23.2 Å². The summed E-state index contributed by atoms with van der Waals surface area (Å²) in [7, 11) is 0. The predicted molar refractivity (Wildman–Crippen MR) is 56.1 cm³/mol. The zero-order chi connectivity index (χ0) is 10.3. The summed E-state index contributed by atoms with van der Waals surface area (Å²) in [5.41, 5.74) is 6.22. The van der Waals surface area contributed by atoms with Crippen LogP contribution in [0, 0.1) is 5.82 Å². The van der Waals surface area contributed by atoms with E-state index in [1.54, 1.807) is 6.07 Å². The van der Waals surface area contributed by atoms with Gasteiger partial charge in [0.1, 0.15) is 5.82 Å². The summed E-state index contributed by atoms with van der Waals surface area (Å²) in [5.74, 6) is -0.495. The highest BCUT2D eigenvalue weighted by molar-refractivity contribution is 6.33. The van der Waals surface area contributed by atoms with E-state index in [4.69, 9.17) is 28.9 Å². The van der Waals surface area contributed by atoms with E-state index >= 15 is 0 Å². The Morgan fingerprint density at radius 1 is 1.29 bits per heavy atom. The van der Waals surface area contributed by atoms with Gasteiger partial charge in [0.25, 0.3) is 0 Å². The smallest absolute Gasteiger partial charge is 0.143 e. The summed E-state index contributed by atoms with van der Waals surface area (Å²) in [6.45, 7) is 0. The van der Waals surface area contributed by atoms with Gasteiger partial charge in [-0.25, -0.2) is 4.39 Å². The van der Waals surface area contributed by atoms with Gasteiger partial charge in [-0.2, -0.15) is 0 Å². The monoisotopic (exact) mass is 233 g/mol. The maximum Gasteiger partial charge on any atom is 0.143 e. The lowest BCUT2D eigenvalue weighted by atomic mass is 9.73. The second-order valence-electron chi connectivity index (χ2n) is 3.76. The molecule has 0 unspecified atom stereocenters. The van der Waals surface area contributed by atoms with Crippen LogP contribution in [0.15, 0.2) is 12.1 Å². The van der Waals surface area contributed by atoms with Crippen LogP contribution in [-0.4, -0.2) is 0 Å². The molecule has 1 aliphatic carbocycles. The van der Waals surface area contributed by atoms with Crippen molar-refractivity contribution in [2.75, 3.05) is 0 Å². The zero-order valence-corrected chi connectivity index (χ0v) is 9.00. The first kappa shape index (κ1) is 10.2. The number of rotatable bonds is 1. The molecule has 1 aromatic carbocycles. The Bertz CT molecular complexity index is 375. The SMILES string of the molecule is NC1(c2cc(Cl)cc(F)c2Cl)CCC1. The molecule has 0 bridgehead atoms. The molecule has 1 aromatic rings. The van der Waals surface area contributed by atoms with Gasteiger partial charge in [0.05, 0.1) is 5.02 Å². The van der Waals surface area contributed by atoms with Gasteiger partial charge in [0.15, 0.2) is 0 Å². The van der Waals surface area contributed by atoms with Gasteiger partial charge >= 0.3 is 0 Å². The van der Waals surface area contributed by atoms with E-state index in [0.29, 0.717) is 10.6 Å². The average Bonchev–Trinajstić information content (AvgIpc) is 2.07. The van der Waals surface area contributed by atoms with Gasteiger partial charge in [0, 0.05) is 10.6 Å². The quantitative estimate of drug-likeness (QED) is 0.739. The Balaban J connectivity index is 2.51. The third-order valence-corrected chi connectivity index (χ3v) is 3.38. The van der Waals surface area contributed by atoms with Crippen LogP contribution in [0.4, 0.5) is 4.39 Å². The Labute approximate surface area is 92.0 Å². The molecule has 4 heteroatoms. The van der Waals surface area contributed by atoms with Crippen LogP contribution < -0.4 is 5.73 Å². The van der Waals surface area contributed by atoms with Gasteiger partial charge in [0.2, 0.25) is 0 Å². The minimum absolute atomic E-state index is 0.108. The van der Waals surface area contributed by atoms with Crippen molar-refractivity contribution in [2.45, 2.75) is 24.8 Å². The summed E-state index contributed by atoms with van der Waals surface area (Å²) in [5, 5.41) is 0.454. The molecule has 2 rings (SSSR count). The number of hydrogen-bond donors (Lipinski definition) is 1. The van der Waals surface area contributed by atoms with Crippen LogP contribution in [-0.2, 0) is 5.54 Å². The van der Waals surface area contributed by atoms with Crippen LogP contribution in [0.1, 0.15) is 24.8 Å². The van der Waals surface area contributed by atoms with Crippen molar-refractivity contribution in [3.63, 3.8) is 0 Å². The number of halogens is 3. The standard InChI is InChI=1S/C10H10Cl2FN/c11-6-4-7(9(12)8(13)5-6)10(14)2-1-3-10/h4-5H,1-3,14H2. The van der Waals surface area contributed by atoms with Crippen molar-refractivity contribution in [2.24, 2.45) is 5.73 Å². The van der Waals surface area contributed by atoms with Crippen molar-refractivity contribution in [3.8, 4) is 0 Å². The fraction of sp³-hybridized carbons (Fsp3) is 0.400. The molecule has 1 aliphatic rings. The first-order chi connectivity index (χ1) is 6.53. The van der Waals surface area contributed by atoms with Crippen LogP contribution in [0.3, 0.4) is 0 Å². The highest BCUT2D eigenvalue weighted by Crippen LogP contribution is 2.43. The first-order valence-electron chi connectivity index (χ1n) is 4.47. The predicted octanol–water partition coefficient (Wildman–Crippen LogP) is 3.47. The van der Waals surface area contributed by atoms with Crippen LogP contribution >= 0.6 is 23.2 Å². The highest BCUT2D eigenvalue weighted by atomic mass is 35.5. The Hall–Kier alpha value is -0.310. The minimum atomic E-state index is -0.495. The molecule has 0 heterocycles. The van der Waals surface area contributed by atoms with E-state index in [9.17, 15) is 4.39 Å². The van der Waals surface area contributed by atoms with Crippen molar-refractivity contribution in [1.29, 1.82) is 0 Å². The normalized spacial score (nSPS) is 19.1. The maximum absolute atomic E-state index is 13.3. The van der Waals surface area contributed by atoms with Crippen molar-refractivity contribution in [3.05, 3.63) is 33.6 Å². The molecule has 2 N–H and O–H groups in total. The molecule has 76 valence electrons. The van der Waals surface area contributed by atoms with E-state index in [-0.39, 0.29) is 5.02 Å². The molecular weight excluding hydrogens is 224 g/mol. The van der Waals surface area contributed by atoms with Crippen LogP contribution in [0.25, 0.3) is 0 Å². The van der Waals surface area contributed by atoms with Crippen molar-refractivity contribution in [1.82, 2.24) is 0 Å². The van der Waals surface area contributed by atoms with E-state index < -0.39 is 11.4 Å². The lowest BCUT2D eigenvalue weighted by Crippen LogP contribution is -2.43.